The van der Waals surface area contributed by atoms with E-state index in [2.05, 4.69) is 5.32 Å². The van der Waals surface area contributed by atoms with E-state index in [4.69, 9.17) is 26.8 Å². The van der Waals surface area contributed by atoms with E-state index in [-0.39, 0.29) is 22.1 Å². The normalized spacial score (nSPS) is 15.1. The second-order valence-corrected chi connectivity index (χ2v) is 5.85. The highest BCUT2D eigenvalue weighted by Gasteiger charge is 2.45. The molecule has 1 aliphatic rings. The summed E-state index contributed by atoms with van der Waals surface area (Å²) >= 11 is 6.07. The Morgan fingerprint density at radius 2 is 2.04 bits per heavy atom. The first-order valence-electron chi connectivity index (χ1n) is 7.13. The Bertz CT molecular complexity index is 687. The van der Waals surface area contributed by atoms with Crippen LogP contribution in [0.2, 0.25) is 5.02 Å². The number of carboxylic acid groups (broad SMARTS) is 1. The van der Waals surface area contributed by atoms with E-state index < -0.39 is 29.9 Å². The Labute approximate surface area is 142 Å². The first-order valence-corrected chi connectivity index (χ1v) is 7.51. The molecule has 0 heterocycles. The predicted molar refractivity (Wildman–Crippen MR) is 84.4 cm³/mol. The molecule has 1 aliphatic carbocycles. The molecule has 0 saturated heterocycles. The minimum atomic E-state index is -1.24. The largest absolute Gasteiger partial charge is 0.493 e. The number of amides is 2. The topological polar surface area (TPSA) is 128 Å². The number of methoxy groups -OCH3 is 1. The Morgan fingerprint density at radius 3 is 2.50 bits per heavy atom. The number of benzene rings is 1. The maximum absolute atomic E-state index is 12.4. The van der Waals surface area contributed by atoms with Crippen LogP contribution in [0.5, 0.6) is 11.5 Å². The van der Waals surface area contributed by atoms with E-state index in [1.807, 2.05) is 0 Å². The number of nitrogens with two attached hydrogens (primary N) is 1. The fraction of sp³-hybridized carbons (Fsp3) is 0.400. The van der Waals surface area contributed by atoms with Crippen molar-refractivity contribution in [3.63, 3.8) is 0 Å². The summed E-state index contributed by atoms with van der Waals surface area (Å²) in [5, 5.41) is 11.8. The first kappa shape index (κ1) is 17.9. The molecule has 0 aliphatic heterocycles. The average molecular weight is 357 g/mol. The van der Waals surface area contributed by atoms with Crippen LogP contribution in [0.25, 0.3) is 0 Å². The summed E-state index contributed by atoms with van der Waals surface area (Å²) in [5.74, 6) is -2.14. The average Bonchev–Trinajstić information content (AvgIpc) is 2.47. The highest BCUT2D eigenvalue weighted by molar-refractivity contribution is 6.32. The molecule has 1 saturated carbocycles. The molecule has 1 fully saturated rings. The van der Waals surface area contributed by atoms with Crippen molar-refractivity contribution in [3.05, 3.63) is 22.7 Å². The molecule has 0 unspecified atom stereocenters. The number of primary amides is 1. The van der Waals surface area contributed by atoms with Crippen LogP contribution in [0, 0.1) is 0 Å². The molecule has 24 heavy (non-hydrogen) atoms. The van der Waals surface area contributed by atoms with E-state index in [1.54, 1.807) is 0 Å². The molecule has 0 bridgehead atoms. The lowest BCUT2D eigenvalue weighted by Crippen LogP contribution is -2.59. The molecule has 2 rings (SSSR count). The van der Waals surface area contributed by atoms with Crippen LogP contribution in [0.4, 0.5) is 0 Å². The number of hydrogen-bond donors (Lipinski definition) is 3. The van der Waals surface area contributed by atoms with Crippen molar-refractivity contribution in [2.45, 2.75) is 24.8 Å². The zero-order chi connectivity index (χ0) is 17.9. The third-order valence-corrected chi connectivity index (χ3v) is 4.10. The van der Waals surface area contributed by atoms with Crippen LogP contribution < -0.4 is 20.5 Å². The van der Waals surface area contributed by atoms with Gasteiger partial charge in [-0.1, -0.05) is 11.6 Å². The fourth-order valence-corrected chi connectivity index (χ4v) is 2.61. The van der Waals surface area contributed by atoms with Crippen molar-refractivity contribution < 1.29 is 29.0 Å². The van der Waals surface area contributed by atoms with E-state index >= 15 is 0 Å². The van der Waals surface area contributed by atoms with E-state index in [0.29, 0.717) is 12.8 Å². The summed E-state index contributed by atoms with van der Waals surface area (Å²) in [7, 11) is 1.34. The number of hydrogen-bond acceptors (Lipinski definition) is 5. The van der Waals surface area contributed by atoms with Gasteiger partial charge in [0.05, 0.1) is 12.1 Å². The van der Waals surface area contributed by atoms with Crippen molar-refractivity contribution in [1.29, 1.82) is 0 Å². The summed E-state index contributed by atoms with van der Waals surface area (Å²) in [6.07, 6.45) is 1.48. The van der Waals surface area contributed by atoms with Crippen molar-refractivity contribution in [3.8, 4) is 11.5 Å². The van der Waals surface area contributed by atoms with Gasteiger partial charge in [0.1, 0.15) is 5.54 Å². The number of carbonyl (C=O) groups excluding carboxylic acids is 2. The SMILES string of the molecule is COc1cc(C(=O)NC2(C(=O)O)CCC2)cc(Cl)c1OCC(N)=O. The minimum Gasteiger partial charge on any atom is -0.493 e. The highest BCUT2D eigenvalue weighted by Crippen LogP contribution is 2.37. The van der Waals surface area contributed by atoms with Crippen molar-refractivity contribution in [2.75, 3.05) is 13.7 Å². The predicted octanol–water partition coefficient (Wildman–Crippen LogP) is 0.950. The van der Waals surface area contributed by atoms with Gasteiger partial charge in [0.2, 0.25) is 0 Å². The summed E-state index contributed by atoms with van der Waals surface area (Å²) < 4.78 is 10.3. The Balaban J connectivity index is 2.24. The van der Waals surface area contributed by atoms with E-state index in [0.717, 1.165) is 6.42 Å². The standard InChI is InChI=1S/C15H17ClN2O6/c1-23-10-6-8(5-9(16)12(10)24-7-11(17)19)13(20)18-15(14(21)22)3-2-4-15/h5-6H,2-4,7H2,1H3,(H2,17,19)(H,18,20)(H,21,22). The van der Waals surface area contributed by atoms with Crippen LogP contribution in [0.15, 0.2) is 12.1 Å². The van der Waals surface area contributed by atoms with Gasteiger partial charge in [-0.15, -0.1) is 0 Å². The molecule has 0 spiro atoms. The fourth-order valence-electron chi connectivity index (χ4n) is 2.35. The molecule has 130 valence electrons. The van der Waals surface area contributed by atoms with Crippen molar-refractivity contribution in [2.24, 2.45) is 5.73 Å². The monoisotopic (exact) mass is 356 g/mol. The van der Waals surface area contributed by atoms with Crippen molar-refractivity contribution >= 4 is 29.4 Å². The van der Waals surface area contributed by atoms with E-state index in [9.17, 15) is 19.5 Å². The van der Waals surface area contributed by atoms with Crippen LogP contribution in [-0.2, 0) is 9.59 Å². The summed E-state index contributed by atoms with van der Waals surface area (Å²) in [6.45, 7) is -0.399. The van der Waals surface area contributed by atoms with Gasteiger partial charge in [-0.3, -0.25) is 9.59 Å². The molecule has 8 nitrogen and oxygen atoms in total. The molecule has 1 aromatic carbocycles. The summed E-state index contributed by atoms with van der Waals surface area (Å²) in [4.78, 5) is 34.5. The molecule has 1 aromatic rings. The minimum absolute atomic E-state index is 0.0405. The zero-order valence-electron chi connectivity index (χ0n) is 12.9. The van der Waals surface area contributed by atoms with Crippen LogP contribution >= 0.6 is 11.6 Å². The lowest BCUT2D eigenvalue weighted by atomic mass is 9.76. The molecule has 0 aromatic heterocycles. The maximum Gasteiger partial charge on any atom is 0.329 e. The quantitative estimate of drug-likeness (QED) is 0.667. The van der Waals surface area contributed by atoms with Gasteiger partial charge < -0.3 is 25.6 Å². The van der Waals surface area contributed by atoms with Gasteiger partial charge >= 0.3 is 5.97 Å². The number of carboxylic acids is 1. The van der Waals surface area contributed by atoms with Gasteiger partial charge in [0.25, 0.3) is 11.8 Å². The second-order valence-electron chi connectivity index (χ2n) is 5.44. The number of aliphatic carboxylic acids is 1. The molecule has 2 amide bonds. The van der Waals surface area contributed by atoms with Gasteiger partial charge in [0.15, 0.2) is 18.1 Å². The highest BCUT2D eigenvalue weighted by atomic mass is 35.5. The number of ether oxygens (including phenoxy) is 2. The van der Waals surface area contributed by atoms with Gasteiger partial charge in [-0.25, -0.2) is 4.79 Å². The van der Waals surface area contributed by atoms with Gasteiger partial charge in [-0.2, -0.15) is 0 Å². The smallest absolute Gasteiger partial charge is 0.329 e. The molecule has 9 heteroatoms. The molecule has 4 N–H and O–H groups in total. The zero-order valence-corrected chi connectivity index (χ0v) is 13.7. The number of halogens is 1. The van der Waals surface area contributed by atoms with Gasteiger partial charge in [-0.05, 0) is 31.4 Å². The lowest BCUT2D eigenvalue weighted by molar-refractivity contribution is -0.148. The third kappa shape index (κ3) is 3.53. The second kappa shape index (κ2) is 6.96. The lowest BCUT2D eigenvalue weighted by Gasteiger charge is -2.38. The Hall–Kier alpha value is -2.48. The van der Waals surface area contributed by atoms with Gasteiger partial charge in [0, 0.05) is 5.56 Å². The maximum atomic E-state index is 12.4. The molecular weight excluding hydrogens is 340 g/mol. The molecular formula is C15H17ClN2O6. The van der Waals surface area contributed by atoms with E-state index in [1.165, 1.54) is 19.2 Å². The molecule has 0 atom stereocenters. The molecule has 0 radical (unpaired) electrons. The van der Waals surface area contributed by atoms with Crippen molar-refractivity contribution in [1.82, 2.24) is 5.32 Å². The number of rotatable bonds is 7. The Kier molecular flexibility index (Phi) is 5.18. The van der Waals surface area contributed by atoms with Crippen LogP contribution in [-0.4, -0.2) is 42.1 Å². The summed E-state index contributed by atoms with van der Waals surface area (Å²) in [6, 6.07) is 2.66. The van der Waals surface area contributed by atoms with Crippen LogP contribution in [0.1, 0.15) is 29.6 Å². The third-order valence-electron chi connectivity index (χ3n) is 3.82. The van der Waals surface area contributed by atoms with Crippen LogP contribution in [0.3, 0.4) is 0 Å². The Morgan fingerprint density at radius 1 is 1.38 bits per heavy atom. The summed E-state index contributed by atoms with van der Waals surface area (Å²) in [5.41, 5.74) is 3.89. The number of carbonyl (C=O) groups is 3. The number of nitrogens with one attached hydrogen (secondary N) is 1. The first-order chi connectivity index (χ1) is 11.3.